The SMILES string of the molecule is COc1cc(C(=O)N2C[C@H]3CC[C@@H]2[C@@H]3N)cc2nc(-c3cc4ccc(-c5cnn(C)c5)cc4n3CC3CC3)n(C)c12. The molecule has 1 aliphatic heterocycles. The third-order valence-corrected chi connectivity index (χ3v) is 9.62. The Bertz CT molecular complexity index is 1840. The minimum absolute atomic E-state index is 0.0193. The van der Waals surface area contributed by atoms with E-state index in [0.717, 1.165) is 59.6 Å². The number of carbonyl (C=O) groups excluding carboxylic acids is 1. The van der Waals surface area contributed by atoms with Gasteiger partial charge in [0.05, 0.1) is 24.5 Å². The van der Waals surface area contributed by atoms with Crippen molar-refractivity contribution in [2.45, 2.75) is 44.3 Å². The van der Waals surface area contributed by atoms with E-state index < -0.39 is 0 Å². The molecule has 3 fully saturated rings. The van der Waals surface area contributed by atoms with Crippen LogP contribution in [0.25, 0.3) is 44.6 Å². The number of likely N-dealkylation sites (tertiary alicyclic amines) is 1. The van der Waals surface area contributed by atoms with Crippen LogP contribution in [0, 0.1) is 11.8 Å². The number of ether oxygens (including phenoxy) is 1. The first-order chi connectivity index (χ1) is 19.9. The molecule has 3 aromatic heterocycles. The summed E-state index contributed by atoms with van der Waals surface area (Å²) in [5.41, 5.74) is 13.2. The van der Waals surface area contributed by atoms with Crippen molar-refractivity contribution >= 4 is 27.8 Å². The highest BCUT2D eigenvalue weighted by atomic mass is 16.5. The van der Waals surface area contributed by atoms with Crippen molar-refractivity contribution in [2.24, 2.45) is 31.7 Å². The lowest BCUT2D eigenvalue weighted by Crippen LogP contribution is -2.41. The molecule has 210 valence electrons. The Hall–Kier alpha value is -4.11. The number of fused-ring (bicyclic) bond motifs is 4. The topological polar surface area (TPSA) is 96.1 Å². The molecule has 9 heteroatoms. The van der Waals surface area contributed by atoms with E-state index in [4.69, 9.17) is 15.5 Å². The fraction of sp³-hybridized carbons (Fsp3) is 0.406. The number of benzene rings is 2. The Labute approximate surface area is 238 Å². The van der Waals surface area contributed by atoms with E-state index >= 15 is 0 Å². The van der Waals surface area contributed by atoms with Gasteiger partial charge in [-0.15, -0.1) is 0 Å². The fourth-order valence-electron chi connectivity index (χ4n) is 7.21. The van der Waals surface area contributed by atoms with E-state index in [0.29, 0.717) is 23.1 Å². The molecule has 0 unspecified atom stereocenters. The molecule has 2 aromatic carbocycles. The van der Waals surface area contributed by atoms with Crippen LogP contribution < -0.4 is 10.5 Å². The first-order valence-electron chi connectivity index (χ1n) is 14.6. The number of piperidine rings is 1. The second kappa shape index (κ2) is 8.94. The Morgan fingerprint density at radius 1 is 1.07 bits per heavy atom. The number of amides is 1. The summed E-state index contributed by atoms with van der Waals surface area (Å²) in [6.45, 7) is 1.69. The van der Waals surface area contributed by atoms with Gasteiger partial charge in [-0.3, -0.25) is 9.48 Å². The number of hydrogen-bond acceptors (Lipinski definition) is 5. The summed E-state index contributed by atoms with van der Waals surface area (Å²) in [6.07, 6.45) is 8.57. The fourth-order valence-corrected chi connectivity index (χ4v) is 7.21. The lowest BCUT2D eigenvalue weighted by molar-refractivity contribution is 0.0700. The predicted octanol–water partition coefficient (Wildman–Crippen LogP) is 4.58. The highest BCUT2D eigenvalue weighted by Crippen LogP contribution is 2.40. The Morgan fingerprint density at radius 3 is 2.61 bits per heavy atom. The van der Waals surface area contributed by atoms with Crippen LogP contribution in [0.4, 0.5) is 0 Å². The molecule has 1 amide bonds. The van der Waals surface area contributed by atoms with Crippen LogP contribution in [0.3, 0.4) is 0 Å². The van der Waals surface area contributed by atoms with E-state index in [1.54, 1.807) is 7.11 Å². The molecule has 3 aliphatic rings. The number of carbonyl (C=O) groups is 1. The van der Waals surface area contributed by atoms with Gasteiger partial charge in [0, 0.05) is 67.5 Å². The summed E-state index contributed by atoms with van der Waals surface area (Å²) in [7, 11) is 5.64. The number of nitrogens with zero attached hydrogens (tertiary/aromatic N) is 6. The number of imidazole rings is 1. The van der Waals surface area contributed by atoms with Gasteiger partial charge in [-0.1, -0.05) is 12.1 Å². The van der Waals surface area contributed by atoms with Crippen molar-refractivity contribution in [3.8, 4) is 28.4 Å². The summed E-state index contributed by atoms with van der Waals surface area (Å²) in [5, 5.41) is 5.55. The Balaban J connectivity index is 1.25. The maximum absolute atomic E-state index is 13.7. The summed E-state index contributed by atoms with van der Waals surface area (Å²) in [5.74, 6) is 2.63. The van der Waals surface area contributed by atoms with Crippen molar-refractivity contribution < 1.29 is 9.53 Å². The monoisotopic (exact) mass is 549 g/mol. The van der Waals surface area contributed by atoms with E-state index in [1.165, 1.54) is 23.7 Å². The summed E-state index contributed by atoms with van der Waals surface area (Å²) in [6, 6.07) is 12.9. The molecule has 41 heavy (non-hydrogen) atoms. The summed E-state index contributed by atoms with van der Waals surface area (Å²) >= 11 is 0. The lowest BCUT2D eigenvalue weighted by atomic mass is 10.1. The van der Waals surface area contributed by atoms with Gasteiger partial charge in [-0.05, 0) is 67.3 Å². The molecule has 1 saturated heterocycles. The summed E-state index contributed by atoms with van der Waals surface area (Å²) in [4.78, 5) is 20.8. The Kier molecular flexibility index (Phi) is 5.38. The largest absolute Gasteiger partial charge is 0.494 e. The number of rotatable bonds is 6. The molecular formula is C32H35N7O2. The maximum Gasteiger partial charge on any atom is 0.254 e. The van der Waals surface area contributed by atoms with Crippen LogP contribution in [-0.4, -0.2) is 60.4 Å². The molecule has 2 bridgehead atoms. The highest BCUT2D eigenvalue weighted by molar-refractivity contribution is 6.00. The second-order valence-electron chi connectivity index (χ2n) is 12.2. The molecule has 9 nitrogen and oxygen atoms in total. The average molecular weight is 550 g/mol. The van der Waals surface area contributed by atoms with Gasteiger partial charge < -0.3 is 24.5 Å². The molecule has 2 aliphatic carbocycles. The van der Waals surface area contributed by atoms with Crippen molar-refractivity contribution in [3.63, 3.8) is 0 Å². The van der Waals surface area contributed by atoms with Gasteiger partial charge in [-0.2, -0.15) is 5.10 Å². The van der Waals surface area contributed by atoms with Gasteiger partial charge in [0.15, 0.2) is 5.82 Å². The second-order valence-corrected chi connectivity index (χ2v) is 12.2. The van der Waals surface area contributed by atoms with Crippen LogP contribution in [0.1, 0.15) is 36.0 Å². The van der Waals surface area contributed by atoms with Crippen molar-refractivity contribution in [2.75, 3.05) is 13.7 Å². The third kappa shape index (κ3) is 3.82. The van der Waals surface area contributed by atoms with Crippen LogP contribution in [0.15, 0.2) is 48.8 Å². The number of aromatic nitrogens is 5. The minimum atomic E-state index is 0.0193. The van der Waals surface area contributed by atoms with Crippen molar-refractivity contribution in [3.05, 3.63) is 54.4 Å². The molecule has 0 spiro atoms. The normalized spacial score (nSPS) is 22.0. The van der Waals surface area contributed by atoms with Crippen LogP contribution in [0.2, 0.25) is 0 Å². The first kappa shape index (κ1) is 24.7. The average Bonchev–Trinajstić information content (AvgIpc) is 3.24. The lowest BCUT2D eigenvalue weighted by Gasteiger charge is -2.27. The third-order valence-electron chi connectivity index (χ3n) is 9.62. The maximum atomic E-state index is 13.7. The standard InChI is InChI=1S/C32H35N7O2/c1-36-16-23(14-34-36)19-6-7-20-12-27(38(26(20)11-19)15-18-4-5-18)31-35-24-10-22(13-28(41-3)30(24)37(31)2)32(40)39-17-21-8-9-25(39)29(21)33/h6-7,10-14,16,18,21,25,29H,4-5,8-9,15,17,33H2,1-3H3/t21-,25-,29-/m1/s1. The van der Waals surface area contributed by atoms with E-state index in [1.807, 2.05) is 48.2 Å². The van der Waals surface area contributed by atoms with Crippen LogP contribution in [0.5, 0.6) is 5.75 Å². The molecule has 2 N–H and O–H groups in total. The molecule has 4 heterocycles. The van der Waals surface area contributed by atoms with Gasteiger partial charge in [-0.25, -0.2) is 4.98 Å². The Morgan fingerprint density at radius 2 is 1.93 bits per heavy atom. The zero-order valence-corrected chi connectivity index (χ0v) is 23.7. The summed E-state index contributed by atoms with van der Waals surface area (Å²) < 4.78 is 12.2. The molecule has 0 radical (unpaired) electrons. The molecule has 2 saturated carbocycles. The predicted molar refractivity (Wildman–Crippen MR) is 159 cm³/mol. The zero-order chi connectivity index (χ0) is 28.0. The molecular weight excluding hydrogens is 514 g/mol. The quantitative estimate of drug-likeness (QED) is 0.335. The van der Waals surface area contributed by atoms with Crippen LogP contribution in [-0.2, 0) is 20.6 Å². The van der Waals surface area contributed by atoms with Gasteiger partial charge in [0.25, 0.3) is 5.91 Å². The molecule has 5 aromatic rings. The van der Waals surface area contributed by atoms with E-state index in [-0.39, 0.29) is 18.0 Å². The zero-order valence-electron chi connectivity index (χ0n) is 23.7. The minimum Gasteiger partial charge on any atom is -0.494 e. The van der Waals surface area contributed by atoms with Crippen LogP contribution >= 0.6 is 0 Å². The molecule has 3 atom stereocenters. The van der Waals surface area contributed by atoms with Gasteiger partial charge in [0.1, 0.15) is 11.3 Å². The van der Waals surface area contributed by atoms with E-state index in [9.17, 15) is 4.79 Å². The van der Waals surface area contributed by atoms with Gasteiger partial charge >= 0.3 is 0 Å². The first-order valence-corrected chi connectivity index (χ1v) is 14.6. The number of nitrogens with two attached hydrogens (primary N) is 1. The number of aryl methyl sites for hydroxylation is 2. The smallest absolute Gasteiger partial charge is 0.254 e. The van der Waals surface area contributed by atoms with Crippen molar-refractivity contribution in [1.29, 1.82) is 0 Å². The number of methoxy groups -OCH3 is 1. The number of hydrogen-bond donors (Lipinski definition) is 1. The highest BCUT2D eigenvalue weighted by Gasteiger charge is 2.47. The van der Waals surface area contributed by atoms with Crippen molar-refractivity contribution in [1.82, 2.24) is 28.8 Å². The molecule has 8 rings (SSSR count). The van der Waals surface area contributed by atoms with Gasteiger partial charge in [0.2, 0.25) is 0 Å². The van der Waals surface area contributed by atoms with E-state index in [2.05, 4.69) is 38.5 Å².